The molecule has 198 valence electrons. The molecule has 0 aliphatic heterocycles. The first-order chi connectivity index (χ1) is 16.3. The molecule has 0 bridgehead atoms. The summed E-state index contributed by atoms with van der Waals surface area (Å²) < 4.78 is 4.76. The van der Waals surface area contributed by atoms with Crippen molar-refractivity contribution in [2.45, 2.75) is 64.6 Å². The van der Waals surface area contributed by atoms with Crippen LogP contribution in [0.1, 0.15) is 46.5 Å². The lowest BCUT2D eigenvalue weighted by atomic mass is 10.1. The third-order valence-corrected chi connectivity index (χ3v) is 6.54. The van der Waals surface area contributed by atoms with Gasteiger partial charge < -0.3 is 35.7 Å². The molecule has 0 spiro atoms. The van der Waals surface area contributed by atoms with E-state index in [1.54, 1.807) is 0 Å². The summed E-state index contributed by atoms with van der Waals surface area (Å²) in [6, 6.07) is -3.85. The van der Waals surface area contributed by atoms with Crippen LogP contribution >= 0.6 is 21.6 Å². The Balaban J connectivity index is 5.20. The summed E-state index contributed by atoms with van der Waals surface area (Å²) in [5.74, 6) is -5.12. The maximum atomic E-state index is 12.8. The van der Waals surface area contributed by atoms with Crippen molar-refractivity contribution in [1.82, 2.24) is 16.0 Å². The number of ether oxygens (including phenoxy) is 1. The number of amides is 3. The number of ketones is 1. The van der Waals surface area contributed by atoms with Gasteiger partial charge in [0.15, 0.2) is 0 Å². The van der Waals surface area contributed by atoms with Gasteiger partial charge in [-0.2, -0.15) is 0 Å². The number of carbonyl (C=O) groups excluding carboxylic acids is 5. The van der Waals surface area contributed by atoms with E-state index in [-0.39, 0.29) is 37.4 Å². The Hall–Kier alpha value is -2.81. The quantitative estimate of drug-likeness (QED) is 0.0870. The van der Waals surface area contributed by atoms with E-state index in [9.17, 15) is 38.7 Å². The molecule has 13 nitrogen and oxygen atoms in total. The van der Waals surface area contributed by atoms with E-state index in [1.165, 1.54) is 24.6 Å². The van der Waals surface area contributed by atoms with Crippen LogP contribution in [0.3, 0.4) is 0 Å². The standard InChI is InChI=1S/C20H31N3O10S2/c1-11(24)4-5-15(22-18(29)14(21-12(2)25)6-7-17(27)28)19(30)23-16(20(31)32)10-35-34-9-8-33-13(3)26/h14-16H,4-10H2,1-3H3,(H,21,25)(H,22,29)(H,23,30)(H,27,28)(H,31,32)/t14-,15+,16-/m1/s1. The van der Waals surface area contributed by atoms with Crippen molar-refractivity contribution in [2.75, 3.05) is 18.1 Å². The van der Waals surface area contributed by atoms with Gasteiger partial charge in [-0.1, -0.05) is 21.6 Å². The van der Waals surface area contributed by atoms with Crippen LogP contribution in [-0.2, 0) is 38.3 Å². The van der Waals surface area contributed by atoms with E-state index < -0.39 is 60.2 Å². The summed E-state index contributed by atoms with van der Waals surface area (Å²) in [5.41, 5.74) is 0. The van der Waals surface area contributed by atoms with Crippen LogP contribution in [0.2, 0.25) is 0 Å². The monoisotopic (exact) mass is 537 g/mol. The fourth-order valence-corrected chi connectivity index (χ4v) is 4.49. The number of carbonyl (C=O) groups is 7. The van der Waals surface area contributed by atoms with Crippen molar-refractivity contribution >= 4 is 63.0 Å². The molecule has 0 saturated carbocycles. The second kappa shape index (κ2) is 17.6. The fraction of sp³-hybridized carbons (Fsp3) is 0.650. The van der Waals surface area contributed by atoms with Gasteiger partial charge in [-0.05, 0) is 19.8 Å². The molecule has 0 saturated heterocycles. The van der Waals surface area contributed by atoms with E-state index in [2.05, 4.69) is 16.0 Å². The molecule has 3 amide bonds. The second-order valence-corrected chi connectivity index (χ2v) is 9.96. The summed E-state index contributed by atoms with van der Waals surface area (Å²) in [5, 5.41) is 25.3. The molecule has 0 aliphatic rings. The molecular weight excluding hydrogens is 506 g/mol. The van der Waals surface area contributed by atoms with Gasteiger partial charge in [0.05, 0.1) is 0 Å². The molecule has 15 heteroatoms. The molecule has 0 fully saturated rings. The third kappa shape index (κ3) is 16.5. The van der Waals surface area contributed by atoms with Gasteiger partial charge in [0.2, 0.25) is 17.7 Å². The smallest absolute Gasteiger partial charge is 0.327 e. The van der Waals surface area contributed by atoms with E-state index in [0.29, 0.717) is 5.75 Å². The highest BCUT2D eigenvalue weighted by Gasteiger charge is 2.29. The number of Topliss-reactive ketones (excluding diaryl/α,β-unsaturated/α-hetero) is 1. The van der Waals surface area contributed by atoms with Gasteiger partial charge >= 0.3 is 17.9 Å². The van der Waals surface area contributed by atoms with Crippen LogP contribution in [0.4, 0.5) is 0 Å². The molecule has 35 heavy (non-hydrogen) atoms. The lowest BCUT2D eigenvalue weighted by Gasteiger charge is -2.24. The second-order valence-electron chi connectivity index (χ2n) is 7.33. The fourth-order valence-electron chi connectivity index (χ4n) is 2.51. The third-order valence-electron chi connectivity index (χ3n) is 4.16. The number of carboxylic acid groups (broad SMARTS) is 2. The van der Waals surface area contributed by atoms with Crippen molar-refractivity contribution in [3.05, 3.63) is 0 Å². The molecule has 0 aromatic rings. The lowest BCUT2D eigenvalue weighted by Crippen LogP contribution is -2.56. The summed E-state index contributed by atoms with van der Waals surface area (Å²) in [6.45, 7) is 3.83. The number of esters is 1. The molecular formula is C20H31N3O10S2. The topological polar surface area (TPSA) is 205 Å². The van der Waals surface area contributed by atoms with Gasteiger partial charge in [-0.3, -0.25) is 24.0 Å². The van der Waals surface area contributed by atoms with Gasteiger partial charge in [0, 0.05) is 38.2 Å². The zero-order valence-electron chi connectivity index (χ0n) is 19.7. The molecule has 0 rings (SSSR count). The minimum Gasteiger partial charge on any atom is -0.481 e. The van der Waals surface area contributed by atoms with E-state index >= 15 is 0 Å². The Morgan fingerprint density at radius 1 is 0.771 bits per heavy atom. The van der Waals surface area contributed by atoms with E-state index in [1.807, 2.05) is 0 Å². The Kier molecular flexibility index (Phi) is 16.2. The van der Waals surface area contributed by atoms with Crippen LogP contribution in [0.5, 0.6) is 0 Å². The summed E-state index contributed by atoms with van der Waals surface area (Å²) in [6.07, 6.45) is -0.872. The van der Waals surface area contributed by atoms with E-state index in [4.69, 9.17) is 9.84 Å². The summed E-state index contributed by atoms with van der Waals surface area (Å²) >= 11 is 0. The average Bonchev–Trinajstić information content (AvgIpc) is 2.74. The Labute approximate surface area is 210 Å². The van der Waals surface area contributed by atoms with Gasteiger partial charge in [0.25, 0.3) is 0 Å². The Bertz CT molecular complexity index is 793. The van der Waals surface area contributed by atoms with Gasteiger partial charge in [-0.15, -0.1) is 0 Å². The van der Waals surface area contributed by atoms with Crippen molar-refractivity contribution in [1.29, 1.82) is 0 Å². The van der Waals surface area contributed by atoms with Gasteiger partial charge in [-0.25, -0.2) is 4.79 Å². The molecule has 0 aromatic carbocycles. The van der Waals surface area contributed by atoms with Crippen molar-refractivity contribution in [3.63, 3.8) is 0 Å². The molecule has 0 heterocycles. The van der Waals surface area contributed by atoms with Crippen molar-refractivity contribution < 1.29 is 48.5 Å². The first kappa shape index (κ1) is 32.2. The van der Waals surface area contributed by atoms with Gasteiger partial charge in [0.1, 0.15) is 30.5 Å². The van der Waals surface area contributed by atoms with Crippen molar-refractivity contribution in [3.8, 4) is 0 Å². The highest BCUT2D eigenvalue weighted by atomic mass is 33.1. The predicted octanol–water partition coefficient (Wildman–Crippen LogP) is -0.276. The minimum absolute atomic E-state index is 0.0354. The van der Waals surface area contributed by atoms with Crippen LogP contribution in [0.15, 0.2) is 0 Å². The molecule has 3 atom stereocenters. The summed E-state index contributed by atoms with van der Waals surface area (Å²) in [7, 11) is 2.37. The first-order valence-corrected chi connectivity index (χ1v) is 13.0. The highest BCUT2D eigenvalue weighted by molar-refractivity contribution is 8.76. The number of hydrogen-bond donors (Lipinski definition) is 5. The van der Waals surface area contributed by atoms with Crippen LogP contribution in [-0.4, -0.2) is 87.9 Å². The predicted molar refractivity (Wildman–Crippen MR) is 127 cm³/mol. The van der Waals surface area contributed by atoms with Crippen LogP contribution in [0.25, 0.3) is 0 Å². The zero-order chi connectivity index (χ0) is 27.0. The SMILES string of the molecule is CC(=O)CC[C@H](NC(=O)[C@@H](CCC(=O)O)NC(C)=O)C(=O)N[C@H](CSSCCOC(C)=O)C(=O)O. The Morgan fingerprint density at radius 2 is 1.31 bits per heavy atom. The van der Waals surface area contributed by atoms with Crippen LogP contribution in [0, 0.1) is 0 Å². The zero-order valence-corrected chi connectivity index (χ0v) is 21.3. The molecule has 0 aromatic heterocycles. The lowest BCUT2D eigenvalue weighted by molar-refractivity contribution is -0.142. The molecule has 0 unspecified atom stereocenters. The minimum atomic E-state index is -1.32. The molecule has 5 N–H and O–H groups in total. The Morgan fingerprint density at radius 3 is 1.80 bits per heavy atom. The maximum absolute atomic E-state index is 12.8. The largest absolute Gasteiger partial charge is 0.481 e. The highest BCUT2D eigenvalue weighted by Crippen LogP contribution is 2.22. The number of rotatable bonds is 18. The summed E-state index contributed by atoms with van der Waals surface area (Å²) in [4.78, 5) is 81.4. The number of carboxylic acids is 2. The number of nitrogens with one attached hydrogen (secondary N) is 3. The maximum Gasteiger partial charge on any atom is 0.327 e. The van der Waals surface area contributed by atoms with E-state index in [0.717, 1.165) is 17.7 Å². The number of hydrogen-bond acceptors (Lipinski definition) is 10. The normalized spacial score (nSPS) is 13.0. The van der Waals surface area contributed by atoms with Crippen LogP contribution < -0.4 is 16.0 Å². The number of aliphatic carboxylic acids is 2. The first-order valence-electron chi connectivity index (χ1n) is 10.5. The average molecular weight is 538 g/mol. The molecule has 0 radical (unpaired) electrons. The van der Waals surface area contributed by atoms with Crippen molar-refractivity contribution in [2.24, 2.45) is 0 Å². The molecule has 0 aliphatic carbocycles.